The highest BCUT2D eigenvalue weighted by atomic mass is 16.3. The molecular formula is C50H30O. The van der Waals surface area contributed by atoms with Crippen molar-refractivity contribution in [3.63, 3.8) is 0 Å². The standard InChI is InChI=1S/C50H30O/c1-2-15-33-30-47-45(29-32(33)14-1)50-40(27-12-28-46(50)51-47)37-24-10-23-36-35(37)22-11-26-39(36)49-43-20-7-5-18-41(43)48(42-19-6-8-21-44(42)49)38-25-9-16-31-13-3-4-17-34(31)38/h1-30H/i1D,2D,3D,4D,5D,6D,7D,8D,9D,10D,11D,12D,13D,14D,15D,16D,17D,18D,19D,20D,21D,22D,23D,24D,25D,26D,27D,28D,29D,30D. The molecule has 236 valence electrons. The zero-order chi connectivity index (χ0) is 59.6. The van der Waals surface area contributed by atoms with E-state index < -0.39 is 290 Å². The normalized spacial score (nSPS) is 20.2. The second-order valence-electron chi connectivity index (χ2n) is 11.3. The van der Waals surface area contributed by atoms with E-state index in [0.29, 0.717) is 0 Å². The van der Waals surface area contributed by atoms with Gasteiger partial charge in [-0.25, -0.2) is 0 Å². The molecule has 1 heteroatoms. The second-order valence-corrected chi connectivity index (χ2v) is 11.3. The molecule has 0 amide bonds. The van der Waals surface area contributed by atoms with Gasteiger partial charge in [-0.15, -0.1) is 0 Å². The molecule has 0 fully saturated rings. The molecule has 0 spiro atoms. The summed E-state index contributed by atoms with van der Waals surface area (Å²) in [6.45, 7) is 0. The van der Waals surface area contributed by atoms with Crippen LogP contribution in [-0.2, 0) is 0 Å². The van der Waals surface area contributed by atoms with E-state index in [1.807, 2.05) is 0 Å². The highest BCUT2D eigenvalue weighted by Crippen LogP contribution is 2.48. The fraction of sp³-hybridized carbons (Fsp3) is 0. The molecule has 0 unspecified atom stereocenters. The molecular weight excluding hydrogens is 617 g/mol. The van der Waals surface area contributed by atoms with Crippen LogP contribution in [0, 0.1) is 0 Å². The quantitative estimate of drug-likeness (QED) is 0.170. The van der Waals surface area contributed by atoms with Crippen LogP contribution in [0.5, 0.6) is 0 Å². The van der Waals surface area contributed by atoms with E-state index in [1.54, 1.807) is 0 Å². The lowest BCUT2D eigenvalue weighted by atomic mass is 9.83. The van der Waals surface area contributed by atoms with E-state index in [9.17, 15) is 19.2 Å². The number of benzene rings is 10. The van der Waals surface area contributed by atoms with Gasteiger partial charge >= 0.3 is 0 Å². The zero-order valence-electron chi connectivity index (χ0n) is 55.4. The first kappa shape index (κ1) is 11.7. The van der Waals surface area contributed by atoms with Crippen molar-refractivity contribution in [1.29, 1.82) is 0 Å². The molecule has 1 aromatic heterocycles. The number of hydrogen-bond donors (Lipinski definition) is 0. The van der Waals surface area contributed by atoms with Crippen molar-refractivity contribution < 1.29 is 45.5 Å². The van der Waals surface area contributed by atoms with E-state index in [1.165, 1.54) is 0 Å². The summed E-state index contributed by atoms with van der Waals surface area (Å²) in [6.07, 6.45) is 0. The molecule has 0 N–H and O–H groups in total. The maximum atomic E-state index is 9.71. The predicted molar refractivity (Wildman–Crippen MR) is 218 cm³/mol. The van der Waals surface area contributed by atoms with Crippen molar-refractivity contribution in [3.8, 4) is 33.4 Å². The molecule has 0 radical (unpaired) electrons. The fourth-order valence-corrected chi connectivity index (χ4v) is 6.54. The summed E-state index contributed by atoms with van der Waals surface area (Å²) in [5, 5.41) is -8.27. The van der Waals surface area contributed by atoms with E-state index >= 15 is 0 Å². The summed E-state index contributed by atoms with van der Waals surface area (Å²) in [5.74, 6) is 0. The van der Waals surface area contributed by atoms with E-state index in [2.05, 4.69) is 0 Å². The number of fused-ring (bicyclic) bond motifs is 8. The molecule has 51 heavy (non-hydrogen) atoms. The van der Waals surface area contributed by atoms with Crippen molar-refractivity contribution in [2.45, 2.75) is 0 Å². The van der Waals surface area contributed by atoms with Gasteiger partial charge in [0.05, 0.1) is 41.1 Å². The lowest BCUT2D eigenvalue weighted by molar-refractivity contribution is 0.669. The molecule has 0 aliphatic heterocycles. The Balaban J connectivity index is 1.46. The van der Waals surface area contributed by atoms with Crippen LogP contribution in [0.25, 0.3) is 109 Å². The van der Waals surface area contributed by atoms with Gasteiger partial charge in [0.1, 0.15) is 11.2 Å². The summed E-state index contributed by atoms with van der Waals surface area (Å²) >= 11 is 0. The summed E-state index contributed by atoms with van der Waals surface area (Å²) in [7, 11) is 0. The molecule has 0 saturated carbocycles. The summed E-state index contributed by atoms with van der Waals surface area (Å²) in [4.78, 5) is 0. The first-order chi connectivity index (χ1) is 37.8. The van der Waals surface area contributed by atoms with Gasteiger partial charge in [0.15, 0.2) is 0 Å². The third-order valence-corrected chi connectivity index (χ3v) is 8.64. The Labute approximate surface area is 336 Å². The van der Waals surface area contributed by atoms with Crippen LogP contribution in [0.4, 0.5) is 0 Å². The van der Waals surface area contributed by atoms with E-state index in [0.717, 1.165) is 0 Å². The van der Waals surface area contributed by atoms with Crippen molar-refractivity contribution >= 4 is 75.8 Å². The smallest absolute Gasteiger partial charge is 0.136 e. The monoisotopic (exact) mass is 676 g/mol. The Morgan fingerprint density at radius 2 is 0.725 bits per heavy atom. The van der Waals surface area contributed by atoms with Gasteiger partial charge < -0.3 is 4.42 Å². The summed E-state index contributed by atoms with van der Waals surface area (Å²) < 4.78 is 280. The van der Waals surface area contributed by atoms with Crippen LogP contribution in [0.1, 0.15) is 41.1 Å². The molecule has 0 atom stereocenters. The molecule has 0 saturated heterocycles. The van der Waals surface area contributed by atoms with Crippen LogP contribution in [0.2, 0.25) is 0 Å². The maximum absolute atomic E-state index is 9.71. The first-order valence-corrected chi connectivity index (χ1v) is 15.2. The molecule has 0 aliphatic rings. The Bertz CT molecular complexity index is 4840. The minimum atomic E-state index is -1.12. The molecule has 11 rings (SSSR count). The first-order valence-electron chi connectivity index (χ1n) is 30.2. The Kier molecular flexibility index (Phi) is 2.50. The highest BCUT2D eigenvalue weighted by molar-refractivity contribution is 6.26. The molecule has 1 heterocycles. The van der Waals surface area contributed by atoms with Crippen LogP contribution in [-0.4, -0.2) is 0 Å². The highest BCUT2D eigenvalue weighted by Gasteiger charge is 2.20. The third kappa shape index (κ3) is 4.16. The van der Waals surface area contributed by atoms with Gasteiger partial charge in [-0.05, 0) is 105 Å². The fourth-order valence-electron chi connectivity index (χ4n) is 6.54. The largest absolute Gasteiger partial charge is 0.456 e. The number of rotatable bonds is 3. The third-order valence-electron chi connectivity index (χ3n) is 8.64. The lowest BCUT2D eigenvalue weighted by Crippen LogP contribution is -1.92. The van der Waals surface area contributed by atoms with E-state index in [4.69, 9.17) is 26.3 Å². The second kappa shape index (κ2) is 10.9. The molecule has 0 aliphatic carbocycles. The van der Waals surface area contributed by atoms with Crippen molar-refractivity contribution in [3.05, 3.63) is 181 Å². The van der Waals surface area contributed by atoms with Gasteiger partial charge in [0.2, 0.25) is 0 Å². The molecule has 10 aromatic carbocycles. The Morgan fingerprint density at radius 1 is 0.294 bits per heavy atom. The van der Waals surface area contributed by atoms with Crippen LogP contribution in [0.15, 0.2) is 186 Å². The van der Waals surface area contributed by atoms with E-state index in [-0.39, 0.29) is 0 Å². The van der Waals surface area contributed by atoms with Gasteiger partial charge in [-0.2, -0.15) is 0 Å². The van der Waals surface area contributed by atoms with Crippen LogP contribution < -0.4 is 0 Å². The minimum absolute atomic E-state index is 0.493. The zero-order valence-corrected chi connectivity index (χ0v) is 25.4. The summed E-state index contributed by atoms with van der Waals surface area (Å²) in [6, 6.07) is -28.8. The maximum Gasteiger partial charge on any atom is 0.136 e. The van der Waals surface area contributed by atoms with Gasteiger partial charge in [0.25, 0.3) is 0 Å². The summed E-state index contributed by atoms with van der Waals surface area (Å²) in [5.41, 5.74) is -6.01. The van der Waals surface area contributed by atoms with Crippen molar-refractivity contribution in [2.75, 3.05) is 0 Å². The van der Waals surface area contributed by atoms with Gasteiger partial charge in [-0.3, -0.25) is 0 Å². The number of furan rings is 1. The van der Waals surface area contributed by atoms with Crippen molar-refractivity contribution in [2.24, 2.45) is 0 Å². The Hall–Kier alpha value is -6.70. The average molecular weight is 677 g/mol. The lowest BCUT2D eigenvalue weighted by Gasteiger charge is -2.20. The van der Waals surface area contributed by atoms with Gasteiger partial charge in [-0.1, -0.05) is 163 Å². The SMILES string of the molecule is [2H]c1c([2H])c(-c2c([2H])c([2H])c([2H])c3c(-c4c5c([2H])c([2H])c([2H])c([2H])c5c(-c5c([2H])c([2H])c([2H])c6c([2H])c([2H])c([2H])c([2H])c56)c5c([2H])c([2H])c([2H])c([2H])c45)c([2H])c([2H])c([2H])c23)c2c(oc3c([2H])c4c([2H])c([2H])c([2H])c([2H])c4c([2H])c32)c1[2H]. The predicted octanol–water partition coefficient (Wildman–Crippen LogP) is 14.4. The van der Waals surface area contributed by atoms with Gasteiger partial charge in [0, 0.05) is 10.8 Å². The average Bonchev–Trinajstić information content (AvgIpc) is 3.22. The Morgan fingerprint density at radius 3 is 1.39 bits per heavy atom. The molecule has 0 bridgehead atoms. The van der Waals surface area contributed by atoms with Crippen LogP contribution >= 0.6 is 0 Å². The number of hydrogen-bond acceptors (Lipinski definition) is 1. The molecule has 1 nitrogen and oxygen atoms in total. The van der Waals surface area contributed by atoms with Crippen molar-refractivity contribution in [1.82, 2.24) is 0 Å². The topological polar surface area (TPSA) is 13.1 Å². The minimum Gasteiger partial charge on any atom is -0.456 e. The molecule has 11 aromatic rings. The van der Waals surface area contributed by atoms with Crippen LogP contribution in [0.3, 0.4) is 0 Å².